The smallest absolute Gasteiger partial charge is 0.223 e. The first kappa shape index (κ1) is 25.7. The summed E-state index contributed by atoms with van der Waals surface area (Å²) in [7, 11) is 0. The molecule has 0 bridgehead atoms. The minimum Gasteiger partial charge on any atom is -0.348 e. The maximum atomic E-state index is 13.0. The van der Waals surface area contributed by atoms with Gasteiger partial charge in [-0.1, -0.05) is 45.0 Å². The van der Waals surface area contributed by atoms with Crippen molar-refractivity contribution in [3.8, 4) is 0 Å². The molecular formula is C29H41N7O. The molecule has 0 aliphatic carbocycles. The molecule has 37 heavy (non-hydrogen) atoms. The summed E-state index contributed by atoms with van der Waals surface area (Å²) in [4.78, 5) is 35.1. The van der Waals surface area contributed by atoms with Gasteiger partial charge >= 0.3 is 0 Å². The van der Waals surface area contributed by atoms with Gasteiger partial charge in [0.05, 0.1) is 13.1 Å². The number of carbonyl (C=O) groups excluding carboxylic acids is 1. The molecule has 1 amide bonds. The molecule has 2 saturated heterocycles. The van der Waals surface area contributed by atoms with Gasteiger partial charge in [-0.05, 0) is 47.9 Å². The Kier molecular flexibility index (Phi) is 7.49. The highest BCUT2D eigenvalue weighted by Gasteiger charge is 2.44. The van der Waals surface area contributed by atoms with Gasteiger partial charge in [0, 0.05) is 57.4 Å². The van der Waals surface area contributed by atoms with E-state index in [-0.39, 0.29) is 5.41 Å². The van der Waals surface area contributed by atoms with Crippen molar-refractivity contribution in [2.75, 3.05) is 26.2 Å². The number of likely N-dealkylation sites (tertiary alicyclic amines) is 2. The molecule has 0 atom stereocenters. The Morgan fingerprint density at radius 2 is 1.51 bits per heavy atom. The number of hydrogen-bond donors (Lipinski definition) is 2. The third-order valence-electron chi connectivity index (χ3n) is 7.68. The minimum absolute atomic E-state index is 0.170. The lowest BCUT2D eigenvalue weighted by Crippen LogP contribution is -2.44. The molecule has 0 saturated carbocycles. The lowest BCUT2D eigenvalue weighted by molar-refractivity contribution is -0.128. The molecule has 2 aliphatic rings. The number of piperidine rings is 1. The molecule has 2 aromatic heterocycles. The van der Waals surface area contributed by atoms with E-state index in [2.05, 4.69) is 79.7 Å². The van der Waals surface area contributed by atoms with E-state index in [9.17, 15) is 4.79 Å². The van der Waals surface area contributed by atoms with Crippen molar-refractivity contribution in [3.05, 3.63) is 71.8 Å². The van der Waals surface area contributed by atoms with Crippen molar-refractivity contribution in [3.63, 3.8) is 0 Å². The number of hydrogen-bond acceptors (Lipinski definition) is 5. The molecule has 2 N–H and O–H groups in total. The summed E-state index contributed by atoms with van der Waals surface area (Å²) < 4.78 is 0. The summed E-state index contributed by atoms with van der Waals surface area (Å²) in [5.41, 5.74) is 2.92. The zero-order valence-corrected chi connectivity index (χ0v) is 22.5. The molecule has 0 radical (unpaired) electrons. The van der Waals surface area contributed by atoms with E-state index in [1.54, 1.807) is 12.4 Å². The zero-order chi connectivity index (χ0) is 25.9. The predicted octanol–water partition coefficient (Wildman–Crippen LogP) is 4.20. The topological polar surface area (TPSA) is 84.2 Å². The summed E-state index contributed by atoms with van der Waals surface area (Å²) in [6.07, 6.45) is 10.3. The van der Waals surface area contributed by atoms with Crippen LogP contribution in [0.2, 0.25) is 0 Å². The lowest BCUT2D eigenvalue weighted by atomic mass is 9.77. The molecule has 0 unspecified atom stereocenters. The number of benzene rings is 1. The van der Waals surface area contributed by atoms with Gasteiger partial charge in [0.15, 0.2) is 0 Å². The normalized spacial score (nSPS) is 18.4. The van der Waals surface area contributed by atoms with Crippen LogP contribution in [0.1, 0.15) is 62.8 Å². The highest BCUT2D eigenvalue weighted by atomic mass is 16.2. The second-order valence-electron chi connectivity index (χ2n) is 12.3. The van der Waals surface area contributed by atoms with Crippen molar-refractivity contribution in [2.24, 2.45) is 10.8 Å². The third-order valence-corrected chi connectivity index (χ3v) is 7.68. The zero-order valence-electron chi connectivity index (χ0n) is 22.5. The SMILES string of the molecule is CC(C)(C)CN1CCC2(CC1)CC(=O)N(Cc1ccc(CN(Cc3ncc[nH]3)Cc3ncc[nH]3)cc1)C2. The Labute approximate surface area is 220 Å². The maximum absolute atomic E-state index is 13.0. The van der Waals surface area contributed by atoms with Gasteiger partial charge in [0.1, 0.15) is 11.6 Å². The summed E-state index contributed by atoms with van der Waals surface area (Å²) in [5.74, 6) is 2.19. The summed E-state index contributed by atoms with van der Waals surface area (Å²) in [5, 5.41) is 0. The Balaban J connectivity index is 1.16. The maximum Gasteiger partial charge on any atom is 0.223 e. The van der Waals surface area contributed by atoms with Crippen LogP contribution in [0, 0.1) is 10.8 Å². The molecule has 2 aliphatic heterocycles. The number of carbonyl (C=O) groups is 1. The number of rotatable bonds is 9. The van der Waals surface area contributed by atoms with Crippen LogP contribution in [-0.4, -0.2) is 66.7 Å². The first-order chi connectivity index (χ1) is 17.8. The van der Waals surface area contributed by atoms with Crippen LogP contribution < -0.4 is 0 Å². The highest BCUT2D eigenvalue weighted by Crippen LogP contribution is 2.42. The number of imidazole rings is 2. The standard InChI is InChI=1S/C29H41N7O/c1-28(2,3)21-34-14-8-29(9-15-34)16-27(37)36(22-29)18-24-6-4-23(5-7-24)17-35(19-25-30-10-11-31-25)20-26-32-12-13-33-26/h4-7,10-13H,8-9,14-22H2,1-3H3,(H,30,31)(H,32,33). The molecule has 3 aromatic rings. The van der Waals surface area contributed by atoms with E-state index in [1.165, 1.54) is 11.1 Å². The second kappa shape index (κ2) is 10.8. The van der Waals surface area contributed by atoms with Gasteiger partial charge in [0.25, 0.3) is 0 Å². The van der Waals surface area contributed by atoms with Crippen LogP contribution in [0.15, 0.2) is 49.1 Å². The van der Waals surface area contributed by atoms with E-state index >= 15 is 0 Å². The number of nitrogens with zero attached hydrogens (tertiary/aromatic N) is 5. The Bertz CT molecular complexity index is 1090. The van der Waals surface area contributed by atoms with Gasteiger partial charge in [0.2, 0.25) is 5.91 Å². The van der Waals surface area contributed by atoms with E-state index in [0.717, 1.165) is 57.2 Å². The summed E-state index contributed by atoms with van der Waals surface area (Å²) in [6, 6.07) is 8.73. The van der Waals surface area contributed by atoms with Crippen LogP contribution in [0.3, 0.4) is 0 Å². The number of nitrogens with one attached hydrogen (secondary N) is 2. The number of aromatic amines is 2. The van der Waals surface area contributed by atoms with E-state index in [0.29, 0.717) is 37.4 Å². The van der Waals surface area contributed by atoms with Crippen molar-refractivity contribution in [2.45, 2.75) is 66.2 Å². The minimum atomic E-state index is 0.170. The quantitative estimate of drug-likeness (QED) is 0.457. The fourth-order valence-electron chi connectivity index (χ4n) is 5.91. The molecule has 8 heteroatoms. The van der Waals surface area contributed by atoms with Gasteiger partial charge < -0.3 is 19.8 Å². The summed E-state index contributed by atoms with van der Waals surface area (Å²) in [6.45, 7) is 14.1. The molecule has 4 heterocycles. The molecule has 2 fully saturated rings. The first-order valence-electron chi connectivity index (χ1n) is 13.5. The van der Waals surface area contributed by atoms with Crippen LogP contribution in [0.25, 0.3) is 0 Å². The van der Waals surface area contributed by atoms with Crippen LogP contribution in [0.5, 0.6) is 0 Å². The Hall–Kier alpha value is -2.97. The molecular weight excluding hydrogens is 462 g/mol. The van der Waals surface area contributed by atoms with E-state index in [1.807, 2.05) is 12.4 Å². The molecule has 1 aromatic carbocycles. The van der Waals surface area contributed by atoms with Gasteiger partial charge in [-0.15, -0.1) is 0 Å². The average Bonchev–Trinajstić information content (AvgIpc) is 3.60. The second-order valence-corrected chi connectivity index (χ2v) is 12.3. The first-order valence-corrected chi connectivity index (χ1v) is 13.5. The van der Waals surface area contributed by atoms with Crippen molar-refractivity contribution in [1.29, 1.82) is 0 Å². The third kappa shape index (κ3) is 6.87. The fourth-order valence-corrected chi connectivity index (χ4v) is 5.91. The Morgan fingerprint density at radius 1 is 0.919 bits per heavy atom. The van der Waals surface area contributed by atoms with E-state index < -0.39 is 0 Å². The Morgan fingerprint density at radius 3 is 2.05 bits per heavy atom. The number of H-pyrrole nitrogens is 2. The van der Waals surface area contributed by atoms with Gasteiger partial charge in [-0.2, -0.15) is 0 Å². The van der Waals surface area contributed by atoms with Gasteiger partial charge in [-0.25, -0.2) is 9.97 Å². The largest absolute Gasteiger partial charge is 0.348 e. The molecule has 5 rings (SSSR count). The van der Waals surface area contributed by atoms with Crippen molar-refractivity contribution >= 4 is 5.91 Å². The van der Waals surface area contributed by atoms with Crippen LogP contribution in [-0.2, 0) is 31.0 Å². The van der Waals surface area contributed by atoms with Crippen molar-refractivity contribution in [1.82, 2.24) is 34.6 Å². The van der Waals surface area contributed by atoms with Crippen molar-refractivity contribution < 1.29 is 4.79 Å². The fraction of sp³-hybridized carbons (Fsp3) is 0.552. The molecule has 8 nitrogen and oxygen atoms in total. The van der Waals surface area contributed by atoms with E-state index in [4.69, 9.17) is 0 Å². The monoisotopic (exact) mass is 503 g/mol. The van der Waals surface area contributed by atoms with Crippen LogP contribution >= 0.6 is 0 Å². The molecule has 198 valence electrons. The number of amides is 1. The molecule has 1 spiro atoms. The van der Waals surface area contributed by atoms with Gasteiger partial charge in [-0.3, -0.25) is 9.69 Å². The average molecular weight is 504 g/mol. The number of aromatic nitrogens is 4. The summed E-state index contributed by atoms with van der Waals surface area (Å²) >= 11 is 0. The highest BCUT2D eigenvalue weighted by molar-refractivity contribution is 5.79. The van der Waals surface area contributed by atoms with Crippen LogP contribution in [0.4, 0.5) is 0 Å². The predicted molar refractivity (Wildman–Crippen MR) is 144 cm³/mol. The lowest BCUT2D eigenvalue weighted by Gasteiger charge is -2.41.